The lowest BCUT2D eigenvalue weighted by Gasteiger charge is -2.39. The molecule has 24 heavy (non-hydrogen) atoms. The van der Waals surface area contributed by atoms with Crippen LogP contribution in [0.1, 0.15) is 12.8 Å². The van der Waals surface area contributed by atoms with E-state index in [1.165, 1.54) is 12.1 Å². The standard InChI is InChI=1S/C18H21FN2O3/c19-13-5-7-14(8-6-13)20-9-11-21(12-10-20)17(22)15-3-1-2-4-16(15)18(23)24/h1-2,5-8,15-16H,3-4,9-12H2,(H,23,24)/p-1. The van der Waals surface area contributed by atoms with Gasteiger partial charge in [-0.1, -0.05) is 12.2 Å². The number of aliphatic carboxylic acids is 1. The quantitative estimate of drug-likeness (QED) is 0.769. The van der Waals surface area contributed by atoms with Crippen molar-refractivity contribution in [2.75, 3.05) is 31.1 Å². The number of halogens is 1. The van der Waals surface area contributed by atoms with Crippen molar-refractivity contribution < 1.29 is 19.1 Å². The summed E-state index contributed by atoms with van der Waals surface area (Å²) in [4.78, 5) is 27.8. The third-order valence-electron chi connectivity index (χ3n) is 4.84. The zero-order chi connectivity index (χ0) is 17.1. The van der Waals surface area contributed by atoms with Crippen LogP contribution in [0.4, 0.5) is 10.1 Å². The summed E-state index contributed by atoms with van der Waals surface area (Å²) in [7, 11) is 0. The van der Waals surface area contributed by atoms with Crippen LogP contribution in [-0.4, -0.2) is 43.0 Å². The molecule has 1 aliphatic carbocycles. The molecule has 1 aromatic rings. The molecule has 1 aromatic carbocycles. The Morgan fingerprint density at radius 2 is 1.54 bits per heavy atom. The number of anilines is 1. The molecule has 0 radical (unpaired) electrons. The van der Waals surface area contributed by atoms with Gasteiger partial charge in [-0.05, 0) is 37.1 Å². The normalized spacial score (nSPS) is 24.0. The van der Waals surface area contributed by atoms with Gasteiger partial charge < -0.3 is 19.7 Å². The average Bonchev–Trinajstić information content (AvgIpc) is 2.62. The van der Waals surface area contributed by atoms with Gasteiger partial charge in [0.25, 0.3) is 0 Å². The summed E-state index contributed by atoms with van der Waals surface area (Å²) in [6, 6.07) is 6.30. The van der Waals surface area contributed by atoms with Gasteiger partial charge in [0.2, 0.25) is 5.91 Å². The van der Waals surface area contributed by atoms with E-state index in [0.717, 1.165) is 5.69 Å². The summed E-state index contributed by atoms with van der Waals surface area (Å²) in [5.41, 5.74) is 0.928. The molecule has 1 aliphatic heterocycles. The molecular weight excluding hydrogens is 311 g/mol. The van der Waals surface area contributed by atoms with Gasteiger partial charge in [0, 0.05) is 49.7 Å². The van der Waals surface area contributed by atoms with E-state index in [1.807, 2.05) is 6.08 Å². The molecule has 5 nitrogen and oxygen atoms in total. The monoisotopic (exact) mass is 331 g/mol. The van der Waals surface area contributed by atoms with E-state index in [-0.39, 0.29) is 11.7 Å². The molecular formula is C18H20FN2O3-. The molecule has 1 heterocycles. The summed E-state index contributed by atoms with van der Waals surface area (Å²) >= 11 is 0. The fraction of sp³-hybridized carbons (Fsp3) is 0.444. The van der Waals surface area contributed by atoms with Gasteiger partial charge in [0.1, 0.15) is 5.82 Å². The van der Waals surface area contributed by atoms with Crippen LogP contribution in [0.25, 0.3) is 0 Å². The van der Waals surface area contributed by atoms with Gasteiger partial charge >= 0.3 is 0 Å². The smallest absolute Gasteiger partial charge is 0.226 e. The van der Waals surface area contributed by atoms with Gasteiger partial charge in [0.15, 0.2) is 0 Å². The van der Waals surface area contributed by atoms with Gasteiger partial charge in [-0.2, -0.15) is 0 Å². The summed E-state index contributed by atoms with van der Waals surface area (Å²) in [6.45, 7) is 2.37. The molecule has 1 fully saturated rings. The minimum atomic E-state index is -1.15. The van der Waals surface area contributed by atoms with E-state index >= 15 is 0 Å². The highest BCUT2D eigenvalue weighted by molar-refractivity contribution is 5.85. The highest BCUT2D eigenvalue weighted by Gasteiger charge is 2.34. The van der Waals surface area contributed by atoms with Crippen LogP contribution in [0.2, 0.25) is 0 Å². The van der Waals surface area contributed by atoms with E-state index in [9.17, 15) is 19.1 Å². The second kappa shape index (κ2) is 7.03. The maximum atomic E-state index is 13.0. The van der Waals surface area contributed by atoms with Crippen molar-refractivity contribution in [1.29, 1.82) is 0 Å². The van der Waals surface area contributed by atoms with Gasteiger partial charge in [0.05, 0.1) is 0 Å². The van der Waals surface area contributed by atoms with Crippen molar-refractivity contribution in [2.24, 2.45) is 11.8 Å². The minimum absolute atomic E-state index is 0.104. The number of nitrogens with zero attached hydrogens (tertiary/aromatic N) is 2. The third kappa shape index (κ3) is 3.42. The molecule has 0 spiro atoms. The van der Waals surface area contributed by atoms with Crippen LogP contribution >= 0.6 is 0 Å². The number of carboxylic acid groups (broad SMARTS) is 1. The van der Waals surface area contributed by atoms with Crippen molar-refractivity contribution in [2.45, 2.75) is 12.8 Å². The number of amides is 1. The van der Waals surface area contributed by atoms with Crippen LogP contribution in [0, 0.1) is 17.7 Å². The Labute approximate surface area is 140 Å². The maximum Gasteiger partial charge on any atom is 0.226 e. The molecule has 128 valence electrons. The molecule has 1 amide bonds. The Hall–Kier alpha value is -2.37. The summed E-state index contributed by atoms with van der Waals surface area (Å²) in [5.74, 6) is -2.80. The average molecular weight is 331 g/mol. The van der Waals surface area contributed by atoms with Gasteiger partial charge in [-0.25, -0.2) is 4.39 Å². The number of hydrogen-bond donors (Lipinski definition) is 0. The largest absolute Gasteiger partial charge is 0.550 e. The SMILES string of the molecule is O=C([O-])C1CC=CCC1C(=O)N1CCN(c2ccc(F)cc2)CC1. The van der Waals surface area contributed by atoms with Crippen LogP contribution in [0.15, 0.2) is 36.4 Å². The summed E-state index contributed by atoms with van der Waals surface area (Å²) in [5, 5.41) is 11.3. The Bertz CT molecular complexity index is 636. The number of piperazine rings is 1. The van der Waals surface area contributed by atoms with Crippen LogP contribution in [-0.2, 0) is 9.59 Å². The number of carboxylic acids is 1. The lowest BCUT2D eigenvalue weighted by molar-refractivity contribution is -0.313. The Balaban J connectivity index is 1.61. The Morgan fingerprint density at radius 3 is 2.12 bits per heavy atom. The molecule has 0 N–H and O–H groups in total. The number of hydrogen-bond acceptors (Lipinski definition) is 4. The zero-order valence-electron chi connectivity index (χ0n) is 13.4. The lowest BCUT2D eigenvalue weighted by Crippen LogP contribution is -2.52. The van der Waals surface area contributed by atoms with E-state index in [4.69, 9.17) is 0 Å². The maximum absolute atomic E-state index is 13.0. The Kier molecular flexibility index (Phi) is 4.83. The first-order valence-electron chi connectivity index (χ1n) is 8.21. The minimum Gasteiger partial charge on any atom is -0.550 e. The molecule has 1 saturated heterocycles. The van der Waals surface area contributed by atoms with E-state index < -0.39 is 17.8 Å². The van der Waals surface area contributed by atoms with Crippen LogP contribution < -0.4 is 10.0 Å². The second-order valence-electron chi connectivity index (χ2n) is 6.26. The van der Waals surface area contributed by atoms with Crippen LogP contribution in [0.5, 0.6) is 0 Å². The molecule has 2 atom stereocenters. The Morgan fingerprint density at radius 1 is 0.958 bits per heavy atom. The first kappa shape index (κ1) is 16.5. The van der Waals surface area contributed by atoms with Crippen LogP contribution in [0.3, 0.4) is 0 Å². The molecule has 3 rings (SSSR count). The third-order valence-corrected chi connectivity index (χ3v) is 4.84. The molecule has 2 aliphatic rings. The molecule has 0 aromatic heterocycles. The first-order chi connectivity index (χ1) is 11.6. The van der Waals surface area contributed by atoms with Crippen molar-refractivity contribution >= 4 is 17.6 Å². The fourth-order valence-corrected chi connectivity index (χ4v) is 3.42. The van der Waals surface area contributed by atoms with E-state index in [1.54, 1.807) is 23.1 Å². The number of allylic oxidation sites excluding steroid dienone is 2. The number of benzene rings is 1. The molecule has 0 bridgehead atoms. The van der Waals surface area contributed by atoms with E-state index in [2.05, 4.69) is 4.90 Å². The molecule has 2 unspecified atom stereocenters. The highest BCUT2D eigenvalue weighted by Crippen LogP contribution is 2.28. The van der Waals surface area contributed by atoms with E-state index in [0.29, 0.717) is 39.0 Å². The number of rotatable bonds is 3. The number of carbonyl (C=O) groups excluding carboxylic acids is 2. The van der Waals surface area contributed by atoms with Crippen molar-refractivity contribution in [3.8, 4) is 0 Å². The predicted octanol–water partition coefficient (Wildman–Crippen LogP) is 0.807. The predicted molar refractivity (Wildman–Crippen MR) is 85.6 cm³/mol. The highest BCUT2D eigenvalue weighted by atomic mass is 19.1. The lowest BCUT2D eigenvalue weighted by atomic mass is 9.82. The molecule has 6 heteroatoms. The topological polar surface area (TPSA) is 63.7 Å². The molecule has 0 saturated carbocycles. The zero-order valence-corrected chi connectivity index (χ0v) is 13.4. The van der Waals surface area contributed by atoms with Crippen molar-refractivity contribution in [3.63, 3.8) is 0 Å². The van der Waals surface area contributed by atoms with Gasteiger partial charge in [-0.3, -0.25) is 4.79 Å². The van der Waals surface area contributed by atoms with Crippen molar-refractivity contribution in [1.82, 2.24) is 4.90 Å². The first-order valence-corrected chi connectivity index (χ1v) is 8.21. The summed E-state index contributed by atoms with van der Waals surface area (Å²) < 4.78 is 13.0. The second-order valence-corrected chi connectivity index (χ2v) is 6.26. The number of carbonyl (C=O) groups is 2. The summed E-state index contributed by atoms with van der Waals surface area (Å²) in [6.07, 6.45) is 4.48. The van der Waals surface area contributed by atoms with Gasteiger partial charge in [-0.15, -0.1) is 0 Å². The van der Waals surface area contributed by atoms with Crippen molar-refractivity contribution in [3.05, 3.63) is 42.2 Å². The fourth-order valence-electron chi connectivity index (χ4n) is 3.42.